The van der Waals surface area contributed by atoms with Gasteiger partial charge in [0.05, 0.1) is 12.1 Å². The van der Waals surface area contributed by atoms with Crippen molar-refractivity contribution in [3.63, 3.8) is 0 Å². The number of aliphatic hydroxyl groups excluding tert-OH is 1. The maximum Gasteiger partial charge on any atom is 0.327 e. The second kappa shape index (κ2) is 17.4. The van der Waals surface area contributed by atoms with Gasteiger partial charge in [0.25, 0.3) is 0 Å². The molecule has 0 fully saturated rings. The lowest BCUT2D eigenvalue weighted by molar-refractivity contribution is -0.161. The Balaban J connectivity index is 2.89. The molecule has 0 spiro atoms. The highest BCUT2D eigenvalue weighted by Crippen LogP contribution is 2.18. The molecule has 0 heterocycles. The van der Waals surface area contributed by atoms with Gasteiger partial charge in [-0.05, 0) is 44.6 Å². The quantitative estimate of drug-likeness (QED) is 0.143. The predicted molar refractivity (Wildman–Crippen MR) is 150 cm³/mol. The number of nitrogens with zero attached hydrogens (tertiary/aromatic N) is 1. The maximum absolute atomic E-state index is 13.4. The van der Waals surface area contributed by atoms with E-state index in [9.17, 15) is 34.2 Å². The first-order chi connectivity index (χ1) is 18.8. The number of aryl methyl sites for hydroxylation is 1. The summed E-state index contributed by atoms with van der Waals surface area (Å²) in [6.07, 6.45) is 2.79. The van der Waals surface area contributed by atoms with Gasteiger partial charge in [-0.3, -0.25) is 24.1 Å². The summed E-state index contributed by atoms with van der Waals surface area (Å²) >= 11 is 0. The summed E-state index contributed by atoms with van der Waals surface area (Å²) in [6, 6.07) is 5.20. The van der Waals surface area contributed by atoms with Gasteiger partial charge in [0.15, 0.2) is 0 Å². The molecule has 3 unspecified atom stereocenters. The molecule has 4 amide bonds. The zero-order valence-electron chi connectivity index (χ0n) is 23.8. The van der Waals surface area contributed by atoms with Crippen LogP contribution in [0.2, 0.25) is 0 Å². The number of rotatable bonds is 17. The molecule has 0 saturated carbocycles. The number of hydrogen-bond acceptors (Lipinski definition) is 8. The summed E-state index contributed by atoms with van der Waals surface area (Å²) in [4.78, 5) is 63.5. The average molecular weight is 564 g/mol. The topological polar surface area (TPSA) is 205 Å². The van der Waals surface area contributed by atoms with Gasteiger partial charge in [0.2, 0.25) is 23.6 Å². The summed E-state index contributed by atoms with van der Waals surface area (Å²) < 4.78 is 0. The van der Waals surface area contributed by atoms with Crippen molar-refractivity contribution >= 4 is 29.6 Å². The van der Waals surface area contributed by atoms with Crippen LogP contribution in [-0.4, -0.2) is 82.0 Å². The van der Waals surface area contributed by atoms with Crippen LogP contribution in [0.5, 0.6) is 0 Å². The fourth-order valence-corrected chi connectivity index (χ4v) is 4.12. The largest absolute Gasteiger partial charge is 0.480 e. The number of hydrogen-bond donors (Lipinski definition) is 6. The van der Waals surface area contributed by atoms with Crippen LogP contribution in [0, 0.1) is 11.8 Å². The number of carbonyl (C=O) groups excluding carboxylic acids is 4. The Labute approximate surface area is 235 Å². The molecular formula is C28H45N5O7. The van der Waals surface area contributed by atoms with E-state index in [1.807, 2.05) is 30.3 Å². The summed E-state index contributed by atoms with van der Waals surface area (Å²) in [5.74, 6) is -5.69. The normalized spacial score (nSPS) is 14.9. The third kappa shape index (κ3) is 11.0. The number of imide groups is 1. The van der Waals surface area contributed by atoms with Crippen LogP contribution in [0.4, 0.5) is 0 Å². The van der Waals surface area contributed by atoms with Crippen molar-refractivity contribution in [2.24, 2.45) is 23.3 Å². The summed E-state index contributed by atoms with van der Waals surface area (Å²) in [6.45, 7) is 5.20. The molecule has 12 nitrogen and oxygen atoms in total. The lowest BCUT2D eigenvalue weighted by atomic mass is 9.95. The fraction of sp³-hybridized carbons (Fsp3) is 0.607. The Kier molecular flexibility index (Phi) is 15.1. The van der Waals surface area contributed by atoms with E-state index in [0.29, 0.717) is 17.7 Å². The van der Waals surface area contributed by atoms with Crippen molar-refractivity contribution in [3.8, 4) is 0 Å². The number of carbonyl (C=O) groups is 5. The maximum atomic E-state index is 13.4. The Bertz CT molecular complexity index is 987. The molecular weight excluding hydrogens is 518 g/mol. The first kappa shape index (κ1) is 34.7. The predicted octanol–water partition coefficient (Wildman–Crippen LogP) is 0.158. The van der Waals surface area contributed by atoms with E-state index in [1.165, 1.54) is 19.4 Å². The van der Waals surface area contributed by atoms with E-state index >= 15 is 0 Å². The van der Waals surface area contributed by atoms with E-state index in [4.69, 9.17) is 11.5 Å². The molecule has 0 aliphatic rings. The lowest BCUT2D eigenvalue weighted by Crippen LogP contribution is -2.59. The average Bonchev–Trinajstić information content (AvgIpc) is 2.90. The van der Waals surface area contributed by atoms with Gasteiger partial charge in [0, 0.05) is 25.5 Å². The second-order valence-electron chi connectivity index (χ2n) is 10.4. The number of nitrogens with one attached hydrogen (secondary N) is 2. The molecule has 0 radical (unpaired) electrons. The van der Waals surface area contributed by atoms with Gasteiger partial charge < -0.3 is 32.3 Å². The van der Waals surface area contributed by atoms with Gasteiger partial charge >= 0.3 is 5.97 Å². The van der Waals surface area contributed by atoms with Crippen molar-refractivity contribution in [1.82, 2.24) is 15.5 Å². The van der Waals surface area contributed by atoms with E-state index < -0.39 is 72.2 Å². The van der Waals surface area contributed by atoms with Crippen molar-refractivity contribution in [2.75, 3.05) is 13.2 Å². The van der Waals surface area contributed by atoms with Crippen molar-refractivity contribution in [3.05, 3.63) is 35.9 Å². The van der Waals surface area contributed by atoms with Crippen molar-refractivity contribution in [1.29, 1.82) is 0 Å². The zero-order valence-corrected chi connectivity index (χ0v) is 23.8. The van der Waals surface area contributed by atoms with Crippen LogP contribution in [0.3, 0.4) is 0 Å². The molecule has 1 aromatic carbocycles. The summed E-state index contributed by atoms with van der Waals surface area (Å²) in [7, 11) is 0. The number of benzene rings is 1. The van der Waals surface area contributed by atoms with Gasteiger partial charge in [0.1, 0.15) is 12.1 Å². The molecule has 5 atom stereocenters. The number of aliphatic carboxylic acids is 1. The molecule has 12 heteroatoms. The molecule has 0 bridgehead atoms. The monoisotopic (exact) mass is 563 g/mol. The minimum absolute atomic E-state index is 0.0406. The number of unbranched alkanes of at least 4 members (excludes halogenated alkanes) is 2. The van der Waals surface area contributed by atoms with Gasteiger partial charge in [-0.25, -0.2) is 4.79 Å². The van der Waals surface area contributed by atoms with E-state index in [2.05, 4.69) is 10.6 Å². The molecule has 8 N–H and O–H groups in total. The van der Waals surface area contributed by atoms with Crippen LogP contribution in [0.25, 0.3) is 0 Å². The van der Waals surface area contributed by atoms with Crippen LogP contribution in [0.15, 0.2) is 30.3 Å². The van der Waals surface area contributed by atoms with E-state index in [0.717, 1.165) is 12.8 Å². The van der Waals surface area contributed by atoms with Crippen LogP contribution < -0.4 is 22.1 Å². The molecule has 0 aromatic heterocycles. The molecule has 0 saturated heterocycles. The highest BCUT2D eigenvalue weighted by atomic mass is 16.4. The Morgan fingerprint density at radius 1 is 0.925 bits per heavy atom. The van der Waals surface area contributed by atoms with Crippen LogP contribution >= 0.6 is 0 Å². The smallest absolute Gasteiger partial charge is 0.327 e. The molecule has 1 aromatic rings. The molecule has 40 heavy (non-hydrogen) atoms. The molecule has 1 rings (SSSR count). The SMILES string of the molecule is CC(C)C(C(=O)O)N(C(=O)CCCCCc1ccccc1)C(=O)C(N)C(CO)CNC(=O)[C@H](C)NC(=O)[C@H](C)N. The Hall–Kier alpha value is -3.35. The summed E-state index contributed by atoms with van der Waals surface area (Å²) in [5.41, 5.74) is 12.8. The van der Waals surface area contributed by atoms with E-state index in [-0.39, 0.29) is 13.0 Å². The Morgan fingerprint density at radius 3 is 2.08 bits per heavy atom. The summed E-state index contributed by atoms with van der Waals surface area (Å²) in [5, 5.41) is 24.7. The minimum atomic E-state index is -1.47. The lowest BCUT2D eigenvalue weighted by Gasteiger charge is -2.33. The first-order valence-electron chi connectivity index (χ1n) is 13.6. The molecule has 0 aliphatic heterocycles. The number of carboxylic acid groups (broad SMARTS) is 1. The number of amides is 4. The highest BCUT2D eigenvalue weighted by Gasteiger charge is 2.40. The van der Waals surface area contributed by atoms with Crippen molar-refractivity contribution in [2.45, 2.75) is 84.0 Å². The zero-order chi connectivity index (χ0) is 30.4. The van der Waals surface area contributed by atoms with E-state index in [1.54, 1.807) is 13.8 Å². The Morgan fingerprint density at radius 2 is 1.55 bits per heavy atom. The second-order valence-corrected chi connectivity index (χ2v) is 10.4. The molecule has 224 valence electrons. The van der Waals surface area contributed by atoms with Crippen molar-refractivity contribution < 1.29 is 34.2 Å². The number of carboxylic acids is 1. The first-order valence-corrected chi connectivity index (χ1v) is 13.6. The highest BCUT2D eigenvalue weighted by molar-refractivity contribution is 6.01. The van der Waals surface area contributed by atoms with Gasteiger partial charge in [-0.1, -0.05) is 50.6 Å². The number of nitrogens with two attached hydrogens (primary N) is 2. The van der Waals surface area contributed by atoms with Crippen LogP contribution in [-0.2, 0) is 30.4 Å². The number of aliphatic hydroxyl groups is 1. The molecule has 0 aliphatic carbocycles. The van der Waals surface area contributed by atoms with Crippen LogP contribution in [0.1, 0.15) is 58.9 Å². The van der Waals surface area contributed by atoms with Gasteiger partial charge in [-0.15, -0.1) is 0 Å². The van der Waals surface area contributed by atoms with Gasteiger partial charge in [-0.2, -0.15) is 0 Å². The third-order valence-corrected chi connectivity index (χ3v) is 6.60. The standard InChI is InChI=1S/C28H45N5O7/c1-17(2)24(28(39)40)33(22(35)14-10-6-9-13-20-11-7-5-8-12-20)27(38)23(30)21(16-34)15-31-26(37)19(4)32-25(36)18(3)29/h5,7-8,11-12,17-19,21,23-24,34H,6,9-10,13-16,29-30H2,1-4H3,(H,31,37)(H,32,36)(H,39,40)/t18-,19-,21?,23?,24?/m0/s1. The third-order valence-electron chi connectivity index (χ3n) is 6.60. The minimum Gasteiger partial charge on any atom is -0.480 e. The fourth-order valence-electron chi connectivity index (χ4n) is 4.12.